The lowest BCUT2D eigenvalue weighted by Crippen LogP contribution is -2.27. The minimum absolute atomic E-state index is 0.0224. The number of benzene rings is 1. The molecule has 0 aliphatic carbocycles. The van der Waals surface area contributed by atoms with E-state index in [1.54, 1.807) is 23.3 Å². The number of amides is 2. The highest BCUT2D eigenvalue weighted by molar-refractivity contribution is 7.09. The predicted octanol–water partition coefficient (Wildman–Crippen LogP) is 2.17. The van der Waals surface area contributed by atoms with Gasteiger partial charge in [-0.2, -0.15) is 0 Å². The van der Waals surface area contributed by atoms with Gasteiger partial charge in [-0.1, -0.05) is 18.2 Å². The second kappa shape index (κ2) is 6.32. The number of likely N-dealkylation sites (N-methyl/N-ethyl adjacent to an activating group) is 1. The summed E-state index contributed by atoms with van der Waals surface area (Å²) in [6.07, 6.45) is 1.65. The Kier molecular flexibility index (Phi) is 4.24. The largest absolute Gasteiger partial charge is 0.355 e. The second-order valence-corrected chi connectivity index (χ2v) is 6.48. The van der Waals surface area contributed by atoms with E-state index >= 15 is 0 Å². The van der Waals surface area contributed by atoms with Crippen LogP contribution >= 0.6 is 11.3 Å². The van der Waals surface area contributed by atoms with Crippen LogP contribution in [0, 0.1) is 0 Å². The fourth-order valence-electron chi connectivity index (χ4n) is 2.66. The molecule has 1 aromatic carbocycles. The van der Waals surface area contributed by atoms with Crippen molar-refractivity contribution in [1.29, 1.82) is 0 Å². The van der Waals surface area contributed by atoms with Crippen LogP contribution in [0.15, 0.2) is 35.7 Å². The van der Waals surface area contributed by atoms with Crippen molar-refractivity contribution in [3.05, 3.63) is 51.7 Å². The average molecular weight is 314 g/mol. The van der Waals surface area contributed by atoms with Gasteiger partial charge < -0.3 is 10.2 Å². The number of hydrogen-bond acceptors (Lipinski definition) is 3. The number of carbonyl (C=O) groups excluding carboxylic acids is 2. The molecule has 0 atom stereocenters. The lowest BCUT2D eigenvalue weighted by Gasteiger charge is -2.10. The summed E-state index contributed by atoms with van der Waals surface area (Å²) in [5.74, 6) is 0.127. The van der Waals surface area contributed by atoms with E-state index in [1.807, 2.05) is 29.6 Å². The fraction of sp³-hybridized carbons (Fsp3) is 0.294. The van der Waals surface area contributed by atoms with E-state index in [4.69, 9.17) is 0 Å². The van der Waals surface area contributed by atoms with Crippen molar-refractivity contribution >= 4 is 28.8 Å². The number of fused-ring (bicyclic) bond motifs is 1. The molecule has 0 saturated heterocycles. The van der Waals surface area contributed by atoms with E-state index in [1.165, 1.54) is 4.88 Å². The summed E-state index contributed by atoms with van der Waals surface area (Å²) in [5.41, 5.74) is 2.92. The summed E-state index contributed by atoms with van der Waals surface area (Å²) in [5, 5.41) is 4.99. The Hall–Kier alpha value is -2.14. The van der Waals surface area contributed by atoms with Gasteiger partial charge in [0.15, 0.2) is 0 Å². The number of anilines is 1. The molecule has 2 amide bonds. The van der Waals surface area contributed by atoms with E-state index in [0.29, 0.717) is 19.4 Å². The van der Waals surface area contributed by atoms with Crippen LogP contribution in [0.2, 0.25) is 0 Å². The van der Waals surface area contributed by atoms with Gasteiger partial charge in [0.25, 0.3) is 0 Å². The maximum absolute atomic E-state index is 12.0. The summed E-state index contributed by atoms with van der Waals surface area (Å²) in [6, 6.07) is 9.91. The molecule has 0 bridgehead atoms. The van der Waals surface area contributed by atoms with E-state index in [2.05, 4.69) is 11.4 Å². The molecule has 2 aromatic rings. The molecule has 0 fully saturated rings. The number of rotatable bonds is 5. The Bertz CT molecular complexity index is 695. The highest BCUT2D eigenvalue weighted by Gasteiger charge is 2.23. The van der Waals surface area contributed by atoms with Gasteiger partial charge in [0.05, 0.1) is 12.8 Å². The standard InChI is InChI=1S/C17H18N2O2S/c1-19-15-5-4-12(9-13(15)11-17(19)21)10-16(20)18-7-6-14-3-2-8-22-14/h2-5,8-9H,6-7,10-11H2,1H3,(H,18,20). The zero-order valence-corrected chi connectivity index (χ0v) is 13.3. The van der Waals surface area contributed by atoms with Gasteiger partial charge >= 0.3 is 0 Å². The Morgan fingerprint density at radius 3 is 3.00 bits per heavy atom. The molecule has 114 valence electrons. The topological polar surface area (TPSA) is 49.4 Å². The number of hydrogen-bond donors (Lipinski definition) is 1. The summed E-state index contributed by atoms with van der Waals surface area (Å²) in [7, 11) is 1.78. The lowest BCUT2D eigenvalue weighted by atomic mass is 10.1. The van der Waals surface area contributed by atoms with Gasteiger partial charge in [-0.3, -0.25) is 9.59 Å². The Morgan fingerprint density at radius 2 is 2.23 bits per heavy atom. The maximum atomic E-state index is 12.0. The molecule has 0 spiro atoms. The van der Waals surface area contributed by atoms with Crippen molar-refractivity contribution in [2.45, 2.75) is 19.3 Å². The summed E-state index contributed by atoms with van der Waals surface area (Å²) >= 11 is 1.70. The van der Waals surface area contributed by atoms with Crippen molar-refractivity contribution < 1.29 is 9.59 Å². The number of thiophene rings is 1. The first-order valence-corrected chi connectivity index (χ1v) is 8.19. The van der Waals surface area contributed by atoms with E-state index in [9.17, 15) is 9.59 Å². The summed E-state index contributed by atoms with van der Waals surface area (Å²) < 4.78 is 0. The van der Waals surface area contributed by atoms with Crippen molar-refractivity contribution in [2.24, 2.45) is 0 Å². The van der Waals surface area contributed by atoms with Crippen molar-refractivity contribution in [3.8, 4) is 0 Å². The molecule has 1 aromatic heterocycles. The first-order valence-electron chi connectivity index (χ1n) is 7.31. The fourth-order valence-corrected chi connectivity index (χ4v) is 3.37. The van der Waals surface area contributed by atoms with Crippen molar-refractivity contribution in [2.75, 3.05) is 18.5 Å². The van der Waals surface area contributed by atoms with Crippen LogP contribution in [-0.2, 0) is 28.9 Å². The van der Waals surface area contributed by atoms with Crippen LogP contribution in [0.4, 0.5) is 5.69 Å². The van der Waals surface area contributed by atoms with Crippen LogP contribution in [0.5, 0.6) is 0 Å². The smallest absolute Gasteiger partial charge is 0.231 e. The highest BCUT2D eigenvalue weighted by Crippen LogP contribution is 2.28. The van der Waals surface area contributed by atoms with Crippen LogP contribution in [0.25, 0.3) is 0 Å². The quantitative estimate of drug-likeness (QED) is 0.919. The highest BCUT2D eigenvalue weighted by atomic mass is 32.1. The molecule has 0 radical (unpaired) electrons. The van der Waals surface area contributed by atoms with Gasteiger partial charge in [-0.05, 0) is 35.1 Å². The number of nitrogens with one attached hydrogen (secondary N) is 1. The minimum Gasteiger partial charge on any atom is -0.355 e. The van der Waals surface area contributed by atoms with E-state index in [0.717, 1.165) is 23.2 Å². The molecular formula is C17H18N2O2S. The van der Waals surface area contributed by atoms with E-state index in [-0.39, 0.29) is 11.8 Å². The normalized spacial score (nSPS) is 13.3. The Morgan fingerprint density at radius 1 is 1.36 bits per heavy atom. The molecule has 2 heterocycles. The molecule has 5 heteroatoms. The van der Waals surface area contributed by atoms with Gasteiger partial charge in [0.1, 0.15) is 0 Å². The third kappa shape index (κ3) is 3.20. The first-order chi connectivity index (χ1) is 10.6. The first kappa shape index (κ1) is 14.8. The second-order valence-electron chi connectivity index (χ2n) is 5.45. The lowest BCUT2D eigenvalue weighted by molar-refractivity contribution is -0.120. The molecule has 22 heavy (non-hydrogen) atoms. The van der Waals surface area contributed by atoms with E-state index < -0.39 is 0 Å². The molecule has 1 aliphatic heterocycles. The zero-order chi connectivity index (χ0) is 15.5. The minimum atomic E-state index is 0.0224. The van der Waals surface area contributed by atoms with Crippen LogP contribution < -0.4 is 10.2 Å². The van der Waals surface area contributed by atoms with Gasteiger partial charge in [-0.25, -0.2) is 0 Å². The predicted molar refractivity (Wildman–Crippen MR) is 88.3 cm³/mol. The number of nitrogens with zero attached hydrogens (tertiary/aromatic N) is 1. The van der Waals surface area contributed by atoms with Gasteiger partial charge in [-0.15, -0.1) is 11.3 Å². The van der Waals surface area contributed by atoms with Crippen molar-refractivity contribution in [1.82, 2.24) is 5.32 Å². The maximum Gasteiger partial charge on any atom is 0.231 e. The molecule has 3 rings (SSSR count). The SMILES string of the molecule is CN1C(=O)Cc2cc(CC(=O)NCCc3cccs3)ccc21. The van der Waals surface area contributed by atoms with Crippen LogP contribution in [0.3, 0.4) is 0 Å². The van der Waals surface area contributed by atoms with Gasteiger partial charge in [0, 0.05) is 24.2 Å². The Balaban J connectivity index is 1.54. The van der Waals surface area contributed by atoms with Gasteiger partial charge in [0.2, 0.25) is 11.8 Å². The Labute approximate surface area is 133 Å². The molecule has 0 unspecified atom stereocenters. The zero-order valence-electron chi connectivity index (χ0n) is 12.5. The summed E-state index contributed by atoms with van der Waals surface area (Å²) in [6.45, 7) is 0.658. The third-order valence-corrected chi connectivity index (χ3v) is 4.80. The monoisotopic (exact) mass is 314 g/mol. The average Bonchev–Trinajstić information content (AvgIpc) is 3.08. The third-order valence-electron chi connectivity index (χ3n) is 3.86. The number of carbonyl (C=O) groups is 2. The van der Waals surface area contributed by atoms with Crippen LogP contribution in [0.1, 0.15) is 16.0 Å². The molecule has 1 aliphatic rings. The molecule has 1 N–H and O–H groups in total. The van der Waals surface area contributed by atoms with Crippen molar-refractivity contribution in [3.63, 3.8) is 0 Å². The summed E-state index contributed by atoms with van der Waals surface area (Å²) in [4.78, 5) is 26.6. The molecule has 4 nitrogen and oxygen atoms in total. The van der Waals surface area contributed by atoms with Crippen LogP contribution in [-0.4, -0.2) is 25.4 Å². The molecular weight excluding hydrogens is 296 g/mol. The molecule has 0 saturated carbocycles.